The lowest BCUT2D eigenvalue weighted by Gasteiger charge is -2.10. The number of nitrogens with zero attached hydrogens (tertiary/aromatic N) is 2. The van der Waals surface area contributed by atoms with E-state index >= 15 is 0 Å². The molecular formula is C13H12N4O3. The van der Waals surface area contributed by atoms with Gasteiger partial charge in [0.2, 0.25) is 0 Å². The van der Waals surface area contributed by atoms with Gasteiger partial charge in [0.15, 0.2) is 6.73 Å². The number of hydrogen-bond donors (Lipinski definition) is 4. The van der Waals surface area contributed by atoms with E-state index in [2.05, 4.69) is 20.7 Å². The maximum absolute atomic E-state index is 9.60. The SMILES string of the molecule is Oc1ccc(O)c(NCOc2ccc3nn[nH]c3c2)c1. The predicted octanol–water partition coefficient (Wildman–Crippen LogP) is 1.82. The summed E-state index contributed by atoms with van der Waals surface area (Å²) in [6.45, 7) is 0.143. The average molecular weight is 272 g/mol. The van der Waals surface area contributed by atoms with Gasteiger partial charge < -0.3 is 20.3 Å². The number of benzene rings is 2. The summed E-state index contributed by atoms with van der Waals surface area (Å²) < 4.78 is 5.50. The normalized spacial score (nSPS) is 10.6. The molecule has 0 spiro atoms. The number of aromatic amines is 1. The van der Waals surface area contributed by atoms with Crippen molar-refractivity contribution in [3.8, 4) is 17.2 Å². The molecule has 0 aliphatic heterocycles. The van der Waals surface area contributed by atoms with Crippen molar-refractivity contribution < 1.29 is 14.9 Å². The van der Waals surface area contributed by atoms with Gasteiger partial charge >= 0.3 is 0 Å². The summed E-state index contributed by atoms with van der Waals surface area (Å²) in [5, 5.41) is 32.1. The quantitative estimate of drug-likeness (QED) is 0.328. The first kappa shape index (κ1) is 12.1. The summed E-state index contributed by atoms with van der Waals surface area (Å²) in [5.74, 6) is 0.741. The van der Waals surface area contributed by atoms with E-state index in [1.54, 1.807) is 18.2 Å². The Bertz CT molecular complexity index is 741. The van der Waals surface area contributed by atoms with Crippen molar-refractivity contribution >= 4 is 16.7 Å². The number of rotatable bonds is 4. The number of aromatic hydroxyl groups is 2. The summed E-state index contributed by atoms with van der Waals surface area (Å²) in [4.78, 5) is 0. The zero-order valence-corrected chi connectivity index (χ0v) is 10.4. The van der Waals surface area contributed by atoms with Crippen LogP contribution in [0.5, 0.6) is 17.2 Å². The van der Waals surface area contributed by atoms with Gasteiger partial charge in [0.1, 0.15) is 22.8 Å². The van der Waals surface area contributed by atoms with E-state index in [9.17, 15) is 10.2 Å². The fourth-order valence-corrected chi connectivity index (χ4v) is 1.78. The molecule has 0 aliphatic rings. The van der Waals surface area contributed by atoms with Crippen LogP contribution >= 0.6 is 0 Å². The maximum Gasteiger partial charge on any atom is 0.159 e. The Kier molecular flexibility index (Phi) is 3.00. The van der Waals surface area contributed by atoms with Gasteiger partial charge in [-0.2, -0.15) is 0 Å². The van der Waals surface area contributed by atoms with E-state index in [-0.39, 0.29) is 18.2 Å². The van der Waals surface area contributed by atoms with Gasteiger partial charge in [-0.1, -0.05) is 5.21 Å². The Balaban J connectivity index is 1.65. The topological polar surface area (TPSA) is 103 Å². The fraction of sp³-hybridized carbons (Fsp3) is 0.0769. The molecule has 0 saturated carbocycles. The lowest BCUT2D eigenvalue weighted by atomic mass is 10.3. The molecule has 0 fully saturated rings. The van der Waals surface area contributed by atoms with E-state index in [4.69, 9.17) is 4.74 Å². The molecule has 3 aromatic rings. The second-order valence-corrected chi connectivity index (χ2v) is 4.16. The Morgan fingerprint density at radius 1 is 1.15 bits per heavy atom. The highest BCUT2D eigenvalue weighted by Crippen LogP contribution is 2.27. The first-order valence-electron chi connectivity index (χ1n) is 5.92. The van der Waals surface area contributed by atoms with Crippen molar-refractivity contribution in [2.24, 2.45) is 0 Å². The summed E-state index contributed by atoms with van der Waals surface area (Å²) in [6, 6.07) is 9.56. The smallest absolute Gasteiger partial charge is 0.159 e. The molecule has 20 heavy (non-hydrogen) atoms. The molecule has 7 heteroatoms. The third-order valence-electron chi connectivity index (χ3n) is 2.78. The third-order valence-corrected chi connectivity index (χ3v) is 2.78. The monoisotopic (exact) mass is 272 g/mol. The number of nitrogens with one attached hydrogen (secondary N) is 2. The molecule has 0 atom stereocenters. The van der Waals surface area contributed by atoms with E-state index in [0.717, 1.165) is 11.0 Å². The van der Waals surface area contributed by atoms with Gasteiger partial charge in [0, 0.05) is 12.1 Å². The number of H-pyrrole nitrogens is 1. The number of ether oxygens (including phenoxy) is 1. The molecule has 7 nitrogen and oxygen atoms in total. The van der Waals surface area contributed by atoms with Crippen LogP contribution in [0, 0.1) is 0 Å². The first-order chi connectivity index (χ1) is 9.72. The van der Waals surface area contributed by atoms with Gasteiger partial charge in [-0.05, 0) is 24.3 Å². The zero-order chi connectivity index (χ0) is 13.9. The van der Waals surface area contributed by atoms with E-state index < -0.39 is 0 Å². The van der Waals surface area contributed by atoms with Crippen LogP contribution in [0.3, 0.4) is 0 Å². The maximum atomic E-state index is 9.60. The first-order valence-corrected chi connectivity index (χ1v) is 5.92. The Hall–Kier alpha value is -2.96. The molecule has 1 aromatic heterocycles. The molecule has 0 bridgehead atoms. The van der Waals surface area contributed by atoms with Crippen LogP contribution in [-0.2, 0) is 0 Å². The van der Waals surface area contributed by atoms with Crippen LogP contribution in [0.2, 0.25) is 0 Å². The van der Waals surface area contributed by atoms with Crippen molar-refractivity contribution in [2.75, 3.05) is 12.0 Å². The minimum atomic E-state index is 0.0413. The van der Waals surface area contributed by atoms with Crippen LogP contribution in [0.1, 0.15) is 0 Å². The predicted molar refractivity (Wildman–Crippen MR) is 72.8 cm³/mol. The van der Waals surface area contributed by atoms with Gasteiger partial charge in [-0.15, -0.1) is 5.10 Å². The molecule has 1 heterocycles. The summed E-state index contributed by atoms with van der Waals surface area (Å²) >= 11 is 0. The van der Waals surface area contributed by atoms with Crippen LogP contribution < -0.4 is 10.1 Å². The van der Waals surface area contributed by atoms with Crippen molar-refractivity contribution in [2.45, 2.75) is 0 Å². The molecule has 4 N–H and O–H groups in total. The van der Waals surface area contributed by atoms with E-state index in [0.29, 0.717) is 11.4 Å². The fourth-order valence-electron chi connectivity index (χ4n) is 1.78. The standard InChI is InChI=1S/C13H12N4O3/c18-8-1-4-13(19)12(5-8)14-7-20-9-2-3-10-11(6-9)16-17-15-10/h1-6,14,18-19H,7H2,(H,15,16,17). The second kappa shape index (κ2) is 4.96. The molecule has 0 radical (unpaired) electrons. The summed E-state index contributed by atoms with van der Waals surface area (Å²) in [6.07, 6.45) is 0. The molecule has 3 rings (SSSR count). The second-order valence-electron chi connectivity index (χ2n) is 4.16. The minimum absolute atomic E-state index is 0.0413. The van der Waals surface area contributed by atoms with Gasteiger partial charge in [-0.3, -0.25) is 5.10 Å². The Morgan fingerprint density at radius 3 is 2.95 bits per heavy atom. The largest absolute Gasteiger partial charge is 0.508 e. The minimum Gasteiger partial charge on any atom is -0.508 e. The number of hydrogen-bond acceptors (Lipinski definition) is 6. The van der Waals surface area contributed by atoms with Crippen LogP contribution in [0.4, 0.5) is 5.69 Å². The summed E-state index contributed by atoms with van der Waals surface area (Å²) in [7, 11) is 0. The van der Waals surface area contributed by atoms with E-state index in [1.165, 1.54) is 18.2 Å². The van der Waals surface area contributed by atoms with Crippen molar-refractivity contribution in [1.29, 1.82) is 0 Å². The Labute approximate surface area is 113 Å². The Morgan fingerprint density at radius 2 is 2.05 bits per heavy atom. The van der Waals surface area contributed by atoms with Crippen molar-refractivity contribution in [1.82, 2.24) is 15.4 Å². The molecule has 0 aliphatic carbocycles. The van der Waals surface area contributed by atoms with Crippen molar-refractivity contribution in [3.05, 3.63) is 36.4 Å². The zero-order valence-electron chi connectivity index (χ0n) is 10.4. The molecule has 0 amide bonds. The van der Waals surface area contributed by atoms with Crippen molar-refractivity contribution in [3.63, 3.8) is 0 Å². The molecule has 0 unspecified atom stereocenters. The highest BCUT2D eigenvalue weighted by atomic mass is 16.5. The van der Waals surface area contributed by atoms with Crippen LogP contribution in [0.25, 0.3) is 11.0 Å². The van der Waals surface area contributed by atoms with E-state index in [1.807, 2.05) is 0 Å². The lowest BCUT2D eigenvalue weighted by Crippen LogP contribution is -2.08. The van der Waals surface area contributed by atoms with Gasteiger partial charge in [-0.25, -0.2) is 0 Å². The van der Waals surface area contributed by atoms with Gasteiger partial charge in [0.25, 0.3) is 0 Å². The third kappa shape index (κ3) is 2.41. The van der Waals surface area contributed by atoms with Crippen LogP contribution in [-0.4, -0.2) is 32.4 Å². The number of aromatic nitrogens is 3. The number of phenolic OH excluding ortho intramolecular Hbond substituents is 2. The number of anilines is 1. The molecule has 102 valence electrons. The molecular weight excluding hydrogens is 260 g/mol. The lowest BCUT2D eigenvalue weighted by molar-refractivity contribution is 0.346. The highest BCUT2D eigenvalue weighted by Gasteiger charge is 2.03. The molecule has 0 saturated heterocycles. The number of fused-ring (bicyclic) bond motifs is 1. The number of phenols is 2. The summed E-state index contributed by atoms with van der Waals surface area (Å²) in [5.41, 5.74) is 1.94. The van der Waals surface area contributed by atoms with Crippen LogP contribution in [0.15, 0.2) is 36.4 Å². The van der Waals surface area contributed by atoms with Gasteiger partial charge in [0.05, 0.1) is 11.2 Å². The highest BCUT2D eigenvalue weighted by molar-refractivity contribution is 5.75. The molecule has 2 aromatic carbocycles. The average Bonchev–Trinajstić information content (AvgIpc) is 2.90.